The van der Waals surface area contributed by atoms with Crippen molar-refractivity contribution >= 4 is 26.0 Å². The van der Waals surface area contributed by atoms with E-state index in [0.29, 0.717) is 11.4 Å². The Hall–Kier alpha value is -0.390. The van der Waals surface area contributed by atoms with Gasteiger partial charge in [0, 0.05) is 16.6 Å². The van der Waals surface area contributed by atoms with Gasteiger partial charge in [-0.2, -0.15) is 4.31 Å². The highest BCUT2D eigenvalue weighted by Gasteiger charge is 2.40. The van der Waals surface area contributed by atoms with Crippen LogP contribution < -0.4 is 0 Å². The third-order valence-corrected chi connectivity index (χ3v) is 5.81. The summed E-state index contributed by atoms with van der Waals surface area (Å²) < 4.78 is 27.4. The second kappa shape index (κ2) is 4.37. The molecule has 0 atom stereocenters. The minimum absolute atomic E-state index is 0.277. The van der Waals surface area contributed by atoms with Gasteiger partial charge in [0.05, 0.1) is 4.90 Å². The molecule has 0 N–H and O–H groups in total. The van der Waals surface area contributed by atoms with Crippen LogP contribution >= 0.6 is 15.9 Å². The monoisotopic (exact) mass is 317 g/mol. The van der Waals surface area contributed by atoms with Gasteiger partial charge in [-0.25, -0.2) is 8.42 Å². The van der Waals surface area contributed by atoms with Crippen LogP contribution in [0.25, 0.3) is 0 Å². The summed E-state index contributed by atoms with van der Waals surface area (Å²) in [4.78, 5) is 0.363. The van der Waals surface area contributed by atoms with Gasteiger partial charge in [-0.15, -0.1) is 0 Å². The standard InChI is InChI=1S/C12H16BrNO2S/c1-12(2)7-4-8-14(12)17(15,16)11-6-3-5-10(13)9-11/h3,5-6,9H,4,7-8H2,1-2H3. The van der Waals surface area contributed by atoms with Gasteiger partial charge in [-0.1, -0.05) is 22.0 Å². The van der Waals surface area contributed by atoms with E-state index in [1.807, 2.05) is 19.9 Å². The molecule has 0 unspecified atom stereocenters. The van der Waals surface area contributed by atoms with E-state index in [-0.39, 0.29) is 5.54 Å². The molecule has 0 radical (unpaired) electrons. The van der Waals surface area contributed by atoms with Crippen LogP contribution in [0.4, 0.5) is 0 Å². The molecule has 1 aliphatic rings. The molecule has 1 heterocycles. The highest BCUT2D eigenvalue weighted by Crippen LogP contribution is 2.34. The van der Waals surface area contributed by atoms with E-state index in [2.05, 4.69) is 15.9 Å². The zero-order valence-corrected chi connectivity index (χ0v) is 12.4. The number of hydrogen-bond acceptors (Lipinski definition) is 2. The number of hydrogen-bond donors (Lipinski definition) is 0. The molecule has 3 nitrogen and oxygen atoms in total. The molecule has 1 aromatic carbocycles. The molecular weight excluding hydrogens is 302 g/mol. The largest absolute Gasteiger partial charge is 0.243 e. The van der Waals surface area contributed by atoms with Crippen LogP contribution in [0.15, 0.2) is 33.6 Å². The first-order chi connectivity index (χ1) is 7.84. The van der Waals surface area contributed by atoms with Crippen LogP contribution in [0, 0.1) is 0 Å². The molecule has 0 aromatic heterocycles. The van der Waals surface area contributed by atoms with Crippen molar-refractivity contribution in [3.8, 4) is 0 Å². The fraction of sp³-hybridized carbons (Fsp3) is 0.500. The molecular formula is C12H16BrNO2S. The van der Waals surface area contributed by atoms with E-state index < -0.39 is 10.0 Å². The molecule has 1 fully saturated rings. The summed E-state index contributed by atoms with van der Waals surface area (Å²) in [5.74, 6) is 0. The molecule has 0 aliphatic carbocycles. The Labute approximate surface area is 111 Å². The molecule has 94 valence electrons. The third kappa shape index (κ3) is 2.41. The topological polar surface area (TPSA) is 37.4 Å². The van der Waals surface area contributed by atoms with Crippen LogP contribution in [-0.2, 0) is 10.0 Å². The average Bonchev–Trinajstić information content (AvgIpc) is 2.58. The Balaban J connectivity index is 2.44. The van der Waals surface area contributed by atoms with Gasteiger partial charge in [0.25, 0.3) is 0 Å². The van der Waals surface area contributed by atoms with Crippen LogP contribution in [0.2, 0.25) is 0 Å². The minimum atomic E-state index is -3.37. The number of rotatable bonds is 2. The lowest BCUT2D eigenvalue weighted by Crippen LogP contribution is -2.42. The van der Waals surface area contributed by atoms with Crippen molar-refractivity contribution in [1.29, 1.82) is 0 Å². The number of halogens is 1. The van der Waals surface area contributed by atoms with Crippen molar-refractivity contribution in [2.45, 2.75) is 37.1 Å². The van der Waals surface area contributed by atoms with E-state index in [1.54, 1.807) is 22.5 Å². The zero-order chi connectivity index (χ0) is 12.7. The molecule has 1 aliphatic heterocycles. The molecule has 0 amide bonds. The van der Waals surface area contributed by atoms with Crippen molar-refractivity contribution in [2.75, 3.05) is 6.54 Å². The number of sulfonamides is 1. The second-order valence-electron chi connectivity index (χ2n) is 4.95. The highest BCUT2D eigenvalue weighted by molar-refractivity contribution is 9.10. The third-order valence-electron chi connectivity index (χ3n) is 3.21. The predicted molar refractivity (Wildman–Crippen MR) is 71.3 cm³/mol. The Morgan fingerprint density at radius 3 is 2.59 bits per heavy atom. The van der Waals surface area contributed by atoms with E-state index in [0.717, 1.165) is 17.3 Å². The van der Waals surface area contributed by atoms with Crippen molar-refractivity contribution in [1.82, 2.24) is 4.31 Å². The van der Waals surface area contributed by atoms with Gasteiger partial charge >= 0.3 is 0 Å². The van der Waals surface area contributed by atoms with Crippen LogP contribution in [0.5, 0.6) is 0 Å². The number of nitrogens with zero attached hydrogens (tertiary/aromatic N) is 1. The van der Waals surface area contributed by atoms with Crippen LogP contribution in [-0.4, -0.2) is 24.8 Å². The van der Waals surface area contributed by atoms with E-state index in [9.17, 15) is 8.42 Å². The molecule has 0 spiro atoms. The van der Waals surface area contributed by atoms with Gasteiger partial charge in [0.1, 0.15) is 0 Å². The first-order valence-electron chi connectivity index (χ1n) is 5.62. The smallest absolute Gasteiger partial charge is 0.207 e. The summed E-state index contributed by atoms with van der Waals surface area (Å²) in [6.07, 6.45) is 1.85. The quantitative estimate of drug-likeness (QED) is 0.840. The molecule has 17 heavy (non-hydrogen) atoms. The zero-order valence-electron chi connectivity index (χ0n) is 9.98. The summed E-state index contributed by atoms with van der Waals surface area (Å²) in [5.41, 5.74) is -0.277. The predicted octanol–water partition coefficient (Wildman–Crippen LogP) is 3.01. The summed E-state index contributed by atoms with van der Waals surface area (Å²) in [6.45, 7) is 4.58. The maximum Gasteiger partial charge on any atom is 0.243 e. The Kier molecular flexibility index (Phi) is 3.36. The summed E-state index contributed by atoms with van der Waals surface area (Å²) in [7, 11) is -3.37. The van der Waals surface area contributed by atoms with Crippen LogP contribution in [0.3, 0.4) is 0 Å². The van der Waals surface area contributed by atoms with Gasteiger partial charge < -0.3 is 0 Å². The molecule has 1 aromatic rings. The van der Waals surface area contributed by atoms with Crippen molar-refractivity contribution in [3.05, 3.63) is 28.7 Å². The SMILES string of the molecule is CC1(C)CCCN1S(=O)(=O)c1cccc(Br)c1. The van der Waals surface area contributed by atoms with Crippen molar-refractivity contribution < 1.29 is 8.42 Å². The lowest BCUT2D eigenvalue weighted by Gasteiger charge is -2.30. The minimum Gasteiger partial charge on any atom is -0.207 e. The molecule has 2 rings (SSSR count). The summed E-state index contributed by atoms with van der Waals surface area (Å²) in [6, 6.07) is 6.88. The Morgan fingerprint density at radius 1 is 1.35 bits per heavy atom. The van der Waals surface area contributed by atoms with Gasteiger partial charge in [0.2, 0.25) is 10.0 Å². The Bertz CT molecular complexity index is 525. The van der Waals surface area contributed by atoms with Crippen molar-refractivity contribution in [3.63, 3.8) is 0 Å². The lowest BCUT2D eigenvalue weighted by atomic mass is 10.0. The molecule has 5 heteroatoms. The molecule has 0 saturated carbocycles. The maximum atomic E-state index is 12.5. The highest BCUT2D eigenvalue weighted by atomic mass is 79.9. The van der Waals surface area contributed by atoms with E-state index >= 15 is 0 Å². The normalized spacial score (nSPS) is 20.6. The van der Waals surface area contributed by atoms with Crippen molar-refractivity contribution in [2.24, 2.45) is 0 Å². The molecule has 1 saturated heterocycles. The van der Waals surface area contributed by atoms with Crippen LogP contribution in [0.1, 0.15) is 26.7 Å². The number of benzene rings is 1. The molecule has 0 bridgehead atoms. The average molecular weight is 318 g/mol. The fourth-order valence-corrected chi connectivity index (χ4v) is 4.73. The van der Waals surface area contributed by atoms with E-state index in [1.165, 1.54) is 0 Å². The van der Waals surface area contributed by atoms with Gasteiger partial charge in [-0.05, 0) is 44.9 Å². The summed E-state index contributed by atoms with van der Waals surface area (Å²) in [5, 5.41) is 0. The maximum absolute atomic E-state index is 12.5. The lowest BCUT2D eigenvalue weighted by molar-refractivity contribution is 0.291. The summed E-state index contributed by atoms with van der Waals surface area (Å²) >= 11 is 3.31. The first kappa shape index (κ1) is 13.1. The fourth-order valence-electron chi connectivity index (χ4n) is 2.28. The first-order valence-corrected chi connectivity index (χ1v) is 7.86. The van der Waals surface area contributed by atoms with E-state index in [4.69, 9.17) is 0 Å². The van der Waals surface area contributed by atoms with Gasteiger partial charge in [0.15, 0.2) is 0 Å². The van der Waals surface area contributed by atoms with Gasteiger partial charge in [-0.3, -0.25) is 0 Å². The second-order valence-corrected chi connectivity index (χ2v) is 7.73. The Morgan fingerprint density at radius 2 is 2.06 bits per heavy atom.